The van der Waals surface area contributed by atoms with Crippen LogP contribution in [0.15, 0.2) is 30.3 Å². The van der Waals surface area contributed by atoms with E-state index in [1.165, 1.54) is 4.90 Å². The van der Waals surface area contributed by atoms with Crippen LogP contribution in [0, 0.1) is 0 Å². The molecule has 0 spiro atoms. The number of piperidine rings is 1. The number of carbonyl (C=O) groups is 3. The smallest absolute Gasteiger partial charge is 0.318 e. The molecule has 2 bridgehead atoms. The molecule has 6 heteroatoms. The molecule has 0 saturated carbocycles. The molecule has 2 unspecified atom stereocenters. The normalized spacial score (nSPS) is 29.2. The largest absolute Gasteiger partial charge is 0.322 e. The van der Waals surface area contributed by atoms with Gasteiger partial charge in [0.15, 0.2) is 0 Å². The molecular formula is C18H21N3O3. The Kier molecular flexibility index (Phi) is 3.75. The number of nitrogens with zero attached hydrogens (tertiary/aromatic N) is 2. The number of hydrogen-bond donors (Lipinski definition) is 1. The molecule has 6 nitrogen and oxygen atoms in total. The molecule has 0 aromatic heterocycles. The average molecular weight is 327 g/mol. The Labute approximate surface area is 140 Å². The summed E-state index contributed by atoms with van der Waals surface area (Å²) in [6.07, 6.45) is 3.97. The first-order chi connectivity index (χ1) is 11.6. The third-order valence-electron chi connectivity index (χ3n) is 5.42. The van der Waals surface area contributed by atoms with E-state index in [1.54, 1.807) is 0 Å². The third kappa shape index (κ3) is 2.56. The number of rotatable bonds is 2. The minimum atomic E-state index is -0.0776. The van der Waals surface area contributed by atoms with Crippen molar-refractivity contribution in [2.75, 3.05) is 5.32 Å². The maximum atomic E-state index is 12.7. The van der Waals surface area contributed by atoms with E-state index in [1.807, 2.05) is 35.2 Å². The van der Waals surface area contributed by atoms with Crippen LogP contribution >= 0.6 is 0 Å². The summed E-state index contributed by atoms with van der Waals surface area (Å²) >= 11 is 0. The molecule has 0 radical (unpaired) electrons. The third-order valence-corrected chi connectivity index (χ3v) is 5.42. The topological polar surface area (TPSA) is 69.7 Å². The molecule has 2 atom stereocenters. The van der Waals surface area contributed by atoms with Gasteiger partial charge in [-0.2, -0.15) is 0 Å². The lowest BCUT2D eigenvalue weighted by Crippen LogP contribution is -2.54. The monoisotopic (exact) mass is 327 g/mol. The number of hydrogen-bond acceptors (Lipinski definition) is 3. The lowest BCUT2D eigenvalue weighted by Gasteiger charge is -2.41. The predicted octanol–water partition coefficient (Wildman–Crippen LogP) is 2.36. The summed E-state index contributed by atoms with van der Waals surface area (Å²) in [5.74, 6) is -0.0989. The van der Waals surface area contributed by atoms with Crippen molar-refractivity contribution < 1.29 is 14.4 Å². The highest BCUT2D eigenvalue weighted by Crippen LogP contribution is 2.39. The van der Waals surface area contributed by atoms with Crippen LogP contribution in [0.3, 0.4) is 0 Å². The van der Waals surface area contributed by atoms with Gasteiger partial charge in [0.05, 0.1) is 0 Å². The SMILES string of the molecule is O=C1CCC(=O)N1C1CC2CCC(C1)N2C(=O)Nc1ccccc1. The van der Waals surface area contributed by atoms with Gasteiger partial charge in [0.25, 0.3) is 0 Å². The van der Waals surface area contributed by atoms with E-state index in [9.17, 15) is 14.4 Å². The maximum absolute atomic E-state index is 12.7. The fourth-order valence-corrected chi connectivity index (χ4v) is 4.40. The second kappa shape index (κ2) is 5.92. The molecular weight excluding hydrogens is 306 g/mol. The standard InChI is InChI=1S/C18H21N3O3/c22-16-8-9-17(23)21(16)15-10-13-6-7-14(11-15)20(13)18(24)19-12-4-2-1-3-5-12/h1-5,13-15H,6-11H2,(H,19,24). The van der Waals surface area contributed by atoms with Crippen molar-refractivity contribution in [3.63, 3.8) is 0 Å². The predicted molar refractivity (Wildman–Crippen MR) is 88.2 cm³/mol. The summed E-state index contributed by atoms with van der Waals surface area (Å²) in [6, 6.07) is 9.54. The fraction of sp³-hybridized carbons (Fsp3) is 0.500. The van der Waals surface area contributed by atoms with Crippen LogP contribution in [-0.4, -0.2) is 45.8 Å². The maximum Gasteiger partial charge on any atom is 0.322 e. The van der Waals surface area contributed by atoms with E-state index in [4.69, 9.17) is 0 Å². The first kappa shape index (κ1) is 15.2. The van der Waals surface area contributed by atoms with Crippen molar-refractivity contribution in [3.8, 4) is 0 Å². The number of benzene rings is 1. The quantitative estimate of drug-likeness (QED) is 0.848. The number of para-hydroxylation sites is 1. The molecule has 3 saturated heterocycles. The Hall–Kier alpha value is -2.37. The van der Waals surface area contributed by atoms with Crippen LogP contribution in [-0.2, 0) is 9.59 Å². The van der Waals surface area contributed by atoms with E-state index in [2.05, 4.69) is 5.32 Å². The van der Waals surface area contributed by atoms with E-state index < -0.39 is 0 Å². The lowest BCUT2D eigenvalue weighted by molar-refractivity contribution is -0.142. The van der Waals surface area contributed by atoms with Crippen LogP contribution in [0.1, 0.15) is 38.5 Å². The van der Waals surface area contributed by atoms with Crippen molar-refractivity contribution in [1.82, 2.24) is 9.80 Å². The molecule has 1 aromatic rings. The van der Waals surface area contributed by atoms with E-state index in [0.29, 0.717) is 25.7 Å². The number of anilines is 1. The molecule has 4 amide bonds. The molecule has 126 valence electrons. The highest BCUT2D eigenvalue weighted by Gasteiger charge is 2.47. The molecule has 3 fully saturated rings. The van der Waals surface area contributed by atoms with Gasteiger partial charge < -0.3 is 10.2 Å². The molecule has 3 aliphatic rings. The van der Waals surface area contributed by atoms with Crippen LogP contribution in [0.4, 0.5) is 10.5 Å². The van der Waals surface area contributed by atoms with Crippen molar-refractivity contribution in [2.24, 2.45) is 0 Å². The van der Waals surface area contributed by atoms with E-state index in [-0.39, 0.29) is 36.0 Å². The number of fused-ring (bicyclic) bond motifs is 2. The summed E-state index contributed by atoms with van der Waals surface area (Å²) in [7, 11) is 0. The summed E-state index contributed by atoms with van der Waals surface area (Å²) in [4.78, 5) is 40.0. The van der Waals surface area contributed by atoms with Crippen LogP contribution in [0.2, 0.25) is 0 Å². The zero-order valence-corrected chi connectivity index (χ0v) is 13.5. The van der Waals surface area contributed by atoms with Crippen molar-refractivity contribution in [1.29, 1.82) is 0 Å². The number of amides is 4. The summed E-state index contributed by atoms with van der Waals surface area (Å²) < 4.78 is 0. The van der Waals surface area contributed by atoms with Crippen molar-refractivity contribution in [3.05, 3.63) is 30.3 Å². The van der Waals surface area contributed by atoms with E-state index >= 15 is 0 Å². The molecule has 1 N–H and O–H groups in total. The Bertz CT molecular complexity index is 645. The van der Waals surface area contributed by atoms with E-state index in [0.717, 1.165) is 18.5 Å². The molecule has 3 aliphatic heterocycles. The Morgan fingerprint density at radius 2 is 1.50 bits per heavy atom. The van der Waals surface area contributed by atoms with Gasteiger partial charge in [-0.25, -0.2) is 4.79 Å². The number of likely N-dealkylation sites (tertiary alicyclic amines) is 1. The molecule has 0 aliphatic carbocycles. The molecule has 24 heavy (non-hydrogen) atoms. The van der Waals surface area contributed by atoms with Gasteiger partial charge in [0.2, 0.25) is 11.8 Å². The zero-order chi connectivity index (χ0) is 16.7. The average Bonchev–Trinajstić information content (AvgIpc) is 3.05. The van der Waals surface area contributed by atoms with Gasteiger partial charge in [-0.15, -0.1) is 0 Å². The second-order valence-corrected chi connectivity index (χ2v) is 6.87. The highest BCUT2D eigenvalue weighted by atomic mass is 16.2. The number of urea groups is 1. The zero-order valence-electron chi connectivity index (χ0n) is 13.5. The van der Waals surface area contributed by atoms with Gasteiger partial charge in [-0.05, 0) is 37.8 Å². The first-order valence-electron chi connectivity index (χ1n) is 8.63. The molecule has 1 aromatic carbocycles. The summed E-state index contributed by atoms with van der Waals surface area (Å²) in [6.45, 7) is 0. The molecule has 3 heterocycles. The van der Waals surface area contributed by atoms with Crippen molar-refractivity contribution >= 4 is 23.5 Å². The minimum Gasteiger partial charge on any atom is -0.318 e. The van der Waals surface area contributed by atoms with Gasteiger partial charge >= 0.3 is 6.03 Å². The number of nitrogens with one attached hydrogen (secondary N) is 1. The Morgan fingerprint density at radius 3 is 2.08 bits per heavy atom. The second-order valence-electron chi connectivity index (χ2n) is 6.87. The first-order valence-corrected chi connectivity index (χ1v) is 8.63. The van der Waals surface area contributed by atoms with Gasteiger partial charge in [-0.3, -0.25) is 14.5 Å². The van der Waals surface area contributed by atoms with Gasteiger partial charge in [-0.1, -0.05) is 18.2 Å². The minimum absolute atomic E-state index is 0.0363. The van der Waals surface area contributed by atoms with Crippen LogP contribution < -0.4 is 5.32 Å². The lowest BCUT2D eigenvalue weighted by atomic mass is 9.96. The number of carbonyl (C=O) groups excluding carboxylic acids is 3. The van der Waals surface area contributed by atoms with Crippen molar-refractivity contribution in [2.45, 2.75) is 56.7 Å². The Morgan fingerprint density at radius 1 is 0.917 bits per heavy atom. The number of imide groups is 1. The van der Waals surface area contributed by atoms with Crippen LogP contribution in [0.25, 0.3) is 0 Å². The highest BCUT2D eigenvalue weighted by molar-refractivity contribution is 6.02. The van der Waals surface area contributed by atoms with Gasteiger partial charge in [0.1, 0.15) is 0 Å². The molecule has 4 rings (SSSR count). The summed E-state index contributed by atoms with van der Waals surface area (Å²) in [5, 5.41) is 2.95. The fourth-order valence-electron chi connectivity index (χ4n) is 4.40. The van der Waals surface area contributed by atoms with Crippen LogP contribution in [0.5, 0.6) is 0 Å². The van der Waals surface area contributed by atoms with Gasteiger partial charge in [0, 0.05) is 36.7 Å². The summed E-state index contributed by atoms with van der Waals surface area (Å²) in [5.41, 5.74) is 0.786. The Balaban J connectivity index is 1.46.